The first-order valence-corrected chi connectivity index (χ1v) is 6.12. The van der Waals surface area contributed by atoms with E-state index < -0.39 is 10.1 Å². The zero-order chi connectivity index (χ0) is 10.8. The Balaban J connectivity index is 3.17. The highest BCUT2D eigenvalue weighted by atomic mass is 79.9. The minimum absolute atomic E-state index is 0.0400. The van der Waals surface area contributed by atoms with E-state index in [1.807, 2.05) is 6.07 Å². The summed E-state index contributed by atoms with van der Waals surface area (Å²) in [7, 11) is -3.59. The summed E-state index contributed by atoms with van der Waals surface area (Å²) >= 11 is 3.16. The van der Waals surface area contributed by atoms with Gasteiger partial charge in [0, 0.05) is 4.47 Å². The molecule has 14 heavy (non-hydrogen) atoms. The molecule has 1 rings (SSSR count). The van der Waals surface area contributed by atoms with Crippen molar-refractivity contribution >= 4 is 26.0 Å². The van der Waals surface area contributed by atoms with Crippen LogP contribution < -0.4 is 4.18 Å². The van der Waals surface area contributed by atoms with Crippen LogP contribution in [-0.2, 0) is 10.1 Å². The number of hydrogen-bond donors (Lipinski definition) is 0. The molecule has 0 atom stereocenters. The van der Waals surface area contributed by atoms with Gasteiger partial charge in [0.15, 0.2) is 5.75 Å². The Morgan fingerprint density at radius 3 is 2.64 bits per heavy atom. The van der Waals surface area contributed by atoms with Gasteiger partial charge in [-0.15, -0.1) is 0 Å². The lowest BCUT2D eigenvalue weighted by Gasteiger charge is -2.04. The Morgan fingerprint density at radius 1 is 1.50 bits per heavy atom. The van der Waals surface area contributed by atoms with Crippen molar-refractivity contribution in [3.05, 3.63) is 28.2 Å². The second-order valence-corrected chi connectivity index (χ2v) is 5.03. The van der Waals surface area contributed by atoms with Crippen LogP contribution in [0.5, 0.6) is 5.75 Å². The summed E-state index contributed by atoms with van der Waals surface area (Å²) in [4.78, 5) is 0. The van der Waals surface area contributed by atoms with Crippen molar-refractivity contribution in [2.45, 2.75) is 0 Å². The Hall–Kier alpha value is -1.06. The maximum absolute atomic E-state index is 10.8. The Morgan fingerprint density at radius 2 is 2.14 bits per heavy atom. The first-order valence-electron chi connectivity index (χ1n) is 3.51. The highest BCUT2D eigenvalue weighted by Crippen LogP contribution is 2.23. The van der Waals surface area contributed by atoms with Crippen LogP contribution in [0.4, 0.5) is 0 Å². The average Bonchev–Trinajstić information content (AvgIpc) is 2.06. The van der Waals surface area contributed by atoms with Gasteiger partial charge < -0.3 is 4.18 Å². The van der Waals surface area contributed by atoms with Gasteiger partial charge in [-0.2, -0.15) is 13.7 Å². The quantitative estimate of drug-likeness (QED) is 0.770. The number of rotatable bonds is 2. The Labute approximate surface area is 90.4 Å². The summed E-state index contributed by atoms with van der Waals surface area (Å²) in [5.41, 5.74) is 0.171. The molecule has 0 aromatic heterocycles. The molecule has 4 nitrogen and oxygen atoms in total. The highest BCUT2D eigenvalue weighted by molar-refractivity contribution is 9.10. The predicted molar refractivity (Wildman–Crippen MR) is 54.3 cm³/mol. The van der Waals surface area contributed by atoms with E-state index in [2.05, 4.69) is 20.1 Å². The van der Waals surface area contributed by atoms with Crippen molar-refractivity contribution in [2.24, 2.45) is 0 Å². The lowest BCUT2D eigenvalue weighted by molar-refractivity contribution is 0.492. The maximum atomic E-state index is 10.8. The Kier molecular flexibility index (Phi) is 3.13. The monoisotopic (exact) mass is 275 g/mol. The average molecular weight is 276 g/mol. The third kappa shape index (κ3) is 3.01. The van der Waals surface area contributed by atoms with E-state index in [1.165, 1.54) is 12.1 Å². The number of benzene rings is 1. The molecular weight excluding hydrogens is 270 g/mol. The minimum Gasteiger partial charge on any atom is -0.381 e. The van der Waals surface area contributed by atoms with Gasteiger partial charge >= 0.3 is 10.1 Å². The van der Waals surface area contributed by atoms with E-state index in [0.717, 1.165) is 6.26 Å². The van der Waals surface area contributed by atoms with Crippen LogP contribution in [0.25, 0.3) is 0 Å². The van der Waals surface area contributed by atoms with Gasteiger partial charge in [-0.25, -0.2) is 0 Å². The summed E-state index contributed by atoms with van der Waals surface area (Å²) < 4.78 is 26.9. The van der Waals surface area contributed by atoms with Crippen molar-refractivity contribution in [3.63, 3.8) is 0 Å². The van der Waals surface area contributed by atoms with Crippen LogP contribution in [0.2, 0.25) is 0 Å². The van der Waals surface area contributed by atoms with Gasteiger partial charge in [0.1, 0.15) is 6.07 Å². The molecule has 0 unspecified atom stereocenters. The van der Waals surface area contributed by atoms with Gasteiger partial charge in [-0.05, 0) is 18.2 Å². The lowest BCUT2D eigenvalue weighted by atomic mass is 10.2. The first-order chi connectivity index (χ1) is 6.42. The first kappa shape index (κ1) is 11.0. The molecule has 0 N–H and O–H groups in total. The third-order valence-corrected chi connectivity index (χ3v) is 2.28. The van der Waals surface area contributed by atoms with E-state index in [0.29, 0.717) is 4.47 Å². The third-order valence-electron chi connectivity index (χ3n) is 1.30. The van der Waals surface area contributed by atoms with E-state index in [9.17, 15) is 8.42 Å². The molecule has 0 saturated heterocycles. The fraction of sp³-hybridized carbons (Fsp3) is 0.125. The molecule has 0 spiro atoms. The van der Waals surface area contributed by atoms with Crippen LogP contribution >= 0.6 is 15.9 Å². The molecule has 74 valence electrons. The van der Waals surface area contributed by atoms with Crippen LogP contribution in [-0.4, -0.2) is 14.7 Å². The smallest absolute Gasteiger partial charge is 0.306 e. The molecule has 0 aliphatic rings. The molecule has 0 radical (unpaired) electrons. The molecule has 1 aromatic rings. The Bertz CT molecular complexity index is 490. The van der Waals surface area contributed by atoms with Crippen LogP contribution in [0.1, 0.15) is 5.56 Å². The summed E-state index contributed by atoms with van der Waals surface area (Å²) in [5, 5.41) is 8.69. The minimum atomic E-state index is -3.59. The molecule has 0 saturated carbocycles. The van der Waals surface area contributed by atoms with E-state index in [-0.39, 0.29) is 11.3 Å². The number of hydrogen-bond acceptors (Lipinski definition) is 4. The summed E-state index contributed by atoms with van der Waals surface area (Å²) in [6.45, 7) is 0. The number of nitrogens with zero attached hydrogens (tertiary/aromatic N) is 1. The SMILES string of the molecule is CS(=O)(=O)Oc1ccc(Br)cc1C#N. The molecule has 0 bridgehead atoms. The normalized spacial score (nSPS) is 10.6. The van der Waals surface area contributed by atoms with E-state index in [1.54, 1.807) is 6.07 Å². The van der Waals surface area contributed by atoms with Gasteiger partial charge in [-0.1, -0.05) is 15.9 Å². The zero-order valence-electron chi connectivity index (χ0n) is 7.19. The maximum Gasteiger partial charge on any atom is 0.306 e. The summed E-state index contributed by atoms with van der Waals surface area (Å²) in [6, 6.07) is 6.35. The van der Waals surface area contributed by atoms with Crippen molar-refractivity contribution in [3.8, 4) is 11.8 Å². The molecular formula is C8H6BrNO3S. The molecule has 0 heterocycles. The van der Waals surface area contributed by atoms with Crippen molar-refractivity contribution in [2.75, 3.05) is 6.26 Å². The van der Waals surface area contributed by atoms with Crippen LogP contribution in [0, 0.1) is 11.3 Å². The molecule has 1 aromatic carbocycles. The molecule has 0 amide bonds. The molecule has 0 fully saturated rings. The summed E-state index contributed by atoms with van der Waals surface area (Å²) in [5.74, 6) is 0.0400. The second kappa shape index (κ2) is 3.98. The topological polar surface area (TPSA) is 67.2 Å². The van der Waals surface area contributed by atoms with Crippen molar-refractivity contribution in [1.29, 1.82) is 5.26 Å². The standard InChI is InChI=1S/C8H6BrNO3S/c1-14(11,12)13-8-3-2-7(9)4-6(8)5-10/h2-4H,1H3. The zero-order valence-corrected chi connectivity index (χ0v) is 9.59. The fourth-order valence-electron chi connectivity index (χ4n) is 0.825. The highest BCUT2D eigenvalue weighted by Gasteiger charge is 2.09. The molecule has 0 aliphatic carbocycles. The van der Waals surface area contributed by atoms with Gasteiger partial charge in [0.05, 0.1) is 11.8 Å². The lowest BCUT2D eigenvalue weighted by Crippen LogP contribution is -2.06. The molecule has 6 heteroatoms. The van der Waals surface area contributed by atoms with E-state index in [4.69, 9.17) is 5.26 Å². The summed E-state index contributed by atoms with van der Waals surface area (Å²) in [6.07, 6.45) is 0.927. The largest absolute Gasteiger partial charge is 0.381 e. The fourth-order valence-corrected chi connectivity index (χ4v) is 1.66. The van der Waals surface area contributed by atoms with Crippen molar-refractivity contribution in [1.82, 2.24) is 0 Å². The van der Waals surface area contributed by atoms with Gasteiger partial charge in [0.2, 0.25) is 0 Å². The second-order valence-electron chi connectivity index (χ2n) is 2.54. The predicted octanol–water partition coefficient (Wildman–Crippen LogP) is 1.66. The molecule has 0 aliphatic heterocycles. The van der Waals surface area contributed by atoms with Gasteiger partial charge in [0.25, 0.3) is 0 Å². The van der Waals surface area contributed by atoms with Gasteiger partial charge in [-0.3, -0.25) is 0 Å². The number of halogens is 1. The number of nitriles is 1. The van der Waals surface area contributed by atoms with Crippen molar-refractivity contribution < 1.29 is 12.6 Å². The van der Waals surface area contributed by atoms with E-state index >= 15 is 0 Å². The van der Waals surface area contributed by atoms with Crippen LogP contribution in [0.15, 0.2) is 22.7 Å². The van der Waals surface area contributed by atoms with Crippen LogP contribution in [0.3, 0.4) is 0 Å².